The molecule has 0 bridgehead atoms. The van der Waals surface area contributed by atoms with Crippen molar-refractivity contribution in [3.8, 4) is 0 Å². The van der Waals surface area contributed by atoms with Crippen molar-refractivity contribution in [2.75, 3.05) is 0 Å². The van der Waals surface area contributed by atoms with Crippen LogP contribution in [0.1, 0.15) is 41.5 Å². The molecule has 0 saturated carbocycles. The predicted molar refractivity (Wildman–Crippen MR) is 121 cm³/mol. The van der Waals surface area contributed by atoms with Crippen LogP contribution >= 0.6 is 0 Å². The van der Waals surface area contributed by atoms with Gasteiger partial charge in [-0.15, -0.1) is 0 Å². The molecule has 0 aromatic heterocycles. The third-order valence-corrected chi connectivity index (χ3v) is 12.3. The molecule has 0 fully saturated rings. The van der Waals surface area contributed by atoms with E-state index in [0.717, 1.165) is 16.6 Å². The van der Waals surface area contributed by atoms with E-state index in [-0.39, 0.29) is 8.80 Å². The van der Waals surface area contributed by atoms with E-state index in [4.69, 9.17) is 0 Å². The highest BCUT2D eigenvalue weighted by Crippen LogP contribution is 2.39. The molecule has 0 radical (unpaired) electrons. The standard InChI is InChI=1S/C9H21Si.C4BF12O12S4/c1-7(2)10(8(3)4)9(5)6;6-1(7,8)30(18,19)26-5(27-31(20,21)2(9,10)11,28-32(22,23)3(12,13)14)29-33(24,25)4(15,16)17/h7-9H,1-6H3;/q+1;-1. The zero-order chi connectivity index (χ0) is 35.6. The molecule has 0 unspecified atom stereocenters. The maximum atomic E-state index is 12.4. The van der Waals surface area contributed by atoms with Gasteiger partial charge in [0.25, 0.3) is 0 Å². The van der Waals surface area contributed by atoms with Gasteiger partial charge in [-0.3, -0.25) is 0 Å². The fraction of sp³-hybridized carbons (Fsp3) is 1.00. The van der Waals surface area contributed by atoms with Gasteiger partial charge in [0.1, 0.15) is 0 Å². The van der Waals surface area contributed by atoms with Gasteiger partial charge in [-0.25, -0.2) is 0 Å². The Morgan fingerprint density at radius 3 is 0.628 bits per heavy atom. The number of hydrogen-bond acceptors (Lipinski definition) is 12. The zero-order valence-corrected chi connectivity index (χ0v) is 26.1. The Bertz CT molecular complexity index is 1160. The van der Waals surface area contributed by atoms with Crippen LogP contribution in [-0.4, -0.2) is 71.5 Å². The van der Waals surface area contributed by atoms with Crippen molar-refractivity contribution in [2.45, 2.75) is 80.2 Å². The highest BCUT2D eigenvalue weighted by molar-refractivity contribution is 7.93. The Balaban J connectivity index is 0. The van der Waals surface area contributed by atoms with Crippen molar-refractivity contribution < 1.29 is 103 Å². The van der Waals surface area contributed by atoms with Gasteiger partial charge in [0, 0.05) is 0 Å². The summed E-state index contributed by atoms with van der Waals surface area (Å²) in [7, 11) is -32.3. The van der Waals surface area contributed by atoms with Crippen LogP contribution in [0.25, 0.3) is 0 Å². The molecule has 0 aliphatic carbocycles. The molecule has 0 heterocycles. The van der Waals surface area contributed by atoms with E-state index in [9.17, 15) is 86.4 Å². The molecule has 0 amide bonds. The summed E-state index contributed by atoms with van der Waals surface area (Å²) < 4.78 is 244. The SMILES string of the molecule is CC(C)[Si+](C(C)C)C(C)C.O=S(=O)(O[B-](OS(=O)(=O)C(F)(F)F)(OS(=O)(=O)C(F)(F)F)OS(=O)(=O)C(F)(F)F)C(F)(F)F. The summed E-state index contributed by atoms with van der Waals surface area (Å²) >= 11 is 0. The molecule has 0 aliphatic heterocycles. The summed E-state index contributed by atoms with van der Waals surface area (Å²) in [5.74, 6) is 0. The third-order valence-electron chi connectivity index (χ3n) is 4.11. The first-order valence-electron chi connectivity index (χ1n) is 10.4. The van der Waals surface area contributed by atoms with E-state index >= 15 is 0 Å². The van der Waals surface area contributed by atoms with Gasteiger partial charge in [0.15, 0.2) is 0 Å². The topological polar surface area (TPSA) is 173 Å². The van der Waals surface area contributed by atoms with Gasteiger partial charge in [0.2, 0.25) is 0 Å². The Hall–Kier alpha value is -0.918. The predicted octanol–water partition coefficient (Wildman–Crippen LogP) is 4.60. The number of hydrogen-bond donors (Lipinski definition) is 0. The summed E-state index contributed by atoms with van der Waals surface area (Å²) in [6, 6.07) is 0. The maximum Gasteiger partial charge on any atom is 0.587 e. The second kappa shape index (κ2) is 13.8. The Morgan fingerprint density at radius 1 is 0.419 bits per heavy atom. The van der Waals surface area contributed by atoms with Gasteiger partial charge in [-0.2, -0.15) is 86.4 Å². The summed E-state index contributed by atoms with van der Waals surface area (Å²) in [5.41, 5.74) is -25.7. The molecule has 0 N–H and O–H groups in total. The maximum absolute atomic E-state index is 12.4. The Morgan fingerprint density at radius 2 is 0.558 bits per heavy atom. The van der Waals surface area contributed by atoms with Crippen LogP contribution in [0.5, 0.6) is 0 Å². The molecule has 0 atom stereocenters. The van der Waals surface area contributed by atoms with Crippen LogP contribution in [0, 0.1) is 0 Å². The monoisotopic (exact) mass is 764 g/mol. The lowest BCUT2D eigenvalue weighted by molar-refractivity contribution is -0.0651. The molecular formula is C13H21BF12O12S4Si. The Labute approximate surface area is 239 Å². The van der Waals surface area contributed by atoms with Gasteiger partial charge in [-0.05, 0) is 41.5 Å². The average molecular weight is 764 g/mol. The van der Waals surface area contributed by atoms with Gasteiger partial charge in [0.05, 0.1) is 16.6 Å². The molecule has 0 spiro atoms. The van der Waals surface area contributed by atoms with E-state index in [1.165, 1.54) is 0 Å². The molecule has 0 aliphatic rings. The molecule has 0 aromatic carbocycles. The van der Waals surface area contributed by atoms with E-state index in [1.54, 1.807) is 0 Å². The second-order valence-corrected chi connectivity index (χ2v) is 19.2. The van der Waals surface area contributed by atoms with Crippen molar-refractivity contribution in [3.05, 3.63) is 0 Å². The zero-order valence-electron chi connectivity index (χ0n) is 21.9. The minimum absolute atomic E-state index is 0.0957. The van der Waals surface area contributed by atoms with E-state index in [2.05, 4.69) is 57.9 Å². The van der Waals surface area contributed by atoms with Crippen molar-refractivity contribution in [1.82, 2.24) is 0 Å². The quantitative estimate of drug-likeness (QED) is 0.163. The fourth-order valence-electron chi connectivity index (χ4n) is 2.94. The molecule has 0 aromatic rings. The van der Waals surface area contributed by atoms with Crippen molar-refractivity contribution >= 4 is 56.2 Å². The first kappa shape index (κ1) is 44.2. The highest BCUT2D eigenvalue weighted by Gasteiger charge is 2.64. The summed E-state index contributed by atoms with van der Waals surface area (Å²) in [6.07, 6.45) is 0. The lowest BCUT2D eigenvalue weighted by atomic mass is 10.1. The summed E-state index contributed by atoms with van der Waals surface area (Å²) in [5, 5.41) is 0. The van der Waals surface area contributed by atoms with Gasteiger partial charge < -0.3 is 16.4 Å². The van der Waals surface area contributed by atoms with E-state index in [0.29, 0.717) is 0 Å². The first-order chi connectivity index (χ1) is 18.3. The fourth-order valence-corrected chi connectivity index (χ4v) is 9.38. The number of halogens is 12. The third kappa shape index (κ3) is 12.4. The normalized spacial score (nSPS) is 15.1. The molecule has 0 saturated heterocycles. The van der Waals surface area contributed by atoms with Crippen molar-refractivity contribution in [1.29, 1.82) is 0 Å². The van der Waals surface area contributed by atoms with Crippen molar-refractivity contribution in [3.63, 3.8) is 0 Å². The van der Waals surface area contributed by atoms with Gasteiger partial charge >= 0.3 is 78.3 Å². The number of rotatable bonds is 11. The van der Waals surface area contributed by atoms with Crippen LogP contribution < -0.4 is 0 Å². The minimum atomic E-state index is -8.05. The summed E-state index contributed by atoms with van der Waals surface area (Å²) in [4.78, 5) is 0. The molecule has 30 heteroatoms. The molecular weight excluding hydrogens is 743 g/mol. The number of alkyl halides is 12. The first-order valence-corrected chi connectivity index (χ1v) is 17.7. The molecule has 260 valence electrons. The summed E-state index contributed by atoms with van der Waals surface area (Å²) in [6.45, 7) is 6.33. The second-order valence-electron chi connectivity index (χ2n) is 8.53. The van der Waals surface area contributed by atoms with Crippen LogP contribution in [0.15, 0.2) is 0 Å². The van der Waals surface area contributed by atoms with Gasteiger partial charge in [-0.1, -0.05) is 0 Å². The largest absolute Gasteiger partial charge is 0.587 e. The average Bonchev–Trinajstić information content (AvgIpc) is 2.61. The molecule has 12 nitrogen and oxygen atoms in total. The molecule has 43 heavy (non-hydrogen) atoms. The lowest BCUT2D eigenvalue weighted by Gasteiger charge is -2.37. The molecule has 0 rings (SSSR count). The van der Waals surface area contributed by atoms with Crippen LogP contribution in [-0.2, 0) is 56.9 Å². The van der Waals surface area contributed by atoms with Crippen LogP contribution in [0.2, 0.25) is 16.6 Å². The minimum Gasteiger partial charge on any atom is -0.398 e. The highest BCUT2D eigenvalue weighted by atomic mass is 32.2. The van der Waals surface area contributed by atoms with Crippen LogP contribution in [0.4, 0.5) is 52.7 Å². The van der Waals surface area contributed by atoms with E-state index in [1.807, 2.05) is 0 Å². The lowest BCUT2D eigenvalue weighted by Crippen LogP contribution is -2.59. The Kier molecular flexibility index (Phi) is 14.2. The smallest absolute Gasteiger partial charge is 0.398 e. The van der Waals surface area contributed by atoms with Crippen molar-refractivity contribution in [2.24, 2.45) is 0 Å². The van der Waals surface area contributed by atoms with Crippen LogP contribution in [0.3, 0.4) is 0 Å². The van der Waals surface area contributed by atoms with E-state index < -0.39 is 69.5 Å².